The molecule has 0 saturated heterocycles. The van der Waals surface area contributed by atoms with Crippen molar-refractivity contribution < 1.29 is 9.53 Å². The normalized spacial score (nSPS) is 10.6. The topological polar surface area (TPSA) is 55.6 Å². The van der Waals surface area contributed by atoms with E-state index in [2.05, 4.69) is 13.8 Å². The Morgan fingerprint density at radius 1 is 1.37 bits per heavy atom. The van der Waals surface area contributed by atoms with Gasteiger partial charge in [0, 0.05) is 13.6 Å². The summed E-state index contributed by atoms with van der Waals surface area (Å²) < 4.78 is 5.64. The first-order chi connectivity index (χ1) is 9.06. The van der Waals surface area contributed by atoms with Gasteiger partial charge >= 0.3 is 0 Å². The van der Waals surface area contributed by atoms with Crippen LogP contribution >= 0.6 is 0 Å². The number of carbonyl (C=O) groups excluding carboxylic acids is 1. The van der Waals surface area contributed by atoms with E-state index in [0.717, 1.165) is 17.7 Å². The number of nitrogens with zero attached hydrogens (tertiary/aromatic N) is 1. The zero-order valence-corrected chi connectivity index (χ0v) is 12.1. The first kappa shape index (κ1) is 15.5. The van der Waals surface area contributed by atoms with E-state index in [1.807, 2.05) is 24.3 Å². The van der Waals surface area contributed by atoms with Gasteiger partial charge in [-0.2, -0.15) is 0 Å². The third-order valence-corrected chi connectivity index (χ3v) is 3.02. The van der Waals surface area contributed by atoms with Crippen LogP contribution < -0.4 is 10.5 Å². The first-order valence-corrected chi connectivity index (χ1v) is 6.72. The molecule has 1 aromatic carbocycles. The van der Waals surface area contributed by atoms with Crippen molar-refractivity contribution in [3.8, 4) is 5.75 Å². The van der Waals surface area contributed by atoms with Gasteiger partial charge in [0.1, 0.15) is 5.75 Å². The molecule has 0 radical (unpaired) electrons. The Kier molecular flexibility index (Phi) is 6.36. The highest BCUT2D eigenvalue weighted by molar-refractivity contribution is 5.77. The smallest absolute Gasteiger partial charge is 0.260 e. The molecule has 106 valence electrons. The molecule has 0 bridgehead atoms. The molecule has 4 heteroatoms. The average Bonchev–Trinajstić information content (AvgIpc) is 2.42. The number of ether oxygens (including phenoxy) is 1. The molecule has 1 rings (SSSR count). The van der Waals surface area contributed by atoms with Crippen molar-refractivity contribution in [1.82, 2.24) is 4.90 Å². The van der Waals surface area contributed by atoms with Crippen molar-refractivity contribution in [3.05, 3.63) is 29.8 Å². The van der Waals surface area contributed by atoms with Crippen LogP contribution in [0.15, 0.2) is 24.3 Å². The summed E-state index contributed by atoms with van der Waals surface area (Å²) in [5.41, 5.74) is 6.55. The third kappa shape index (κ3) is 4.91. The molecule has 0 heterocycles. The molecule has 0 saturated carbocycles. The average molecular weight is 264 g/mol. The Bertz CT molecular complexity index is 405. The molecule has 2 N–H and O–H groups in total. The second-order valence-electron chi connectivity index (χ2n) is 4.94. The van der Waals surface area contributed by atoms with Crippen molar-refractivity contribution in [2.24, 2.45) is 5.73 Å². The van der Waals surface area contributed by atoms with Crippen molar-refractivity contribution in [1.29, 1.82) is 0 Å². The quantitative estimate of drug-likeness (QED) is 0.819. The maximum atomic E-state index is 11.9. The fraction of sp³-hybridized carbons (Fsp3) is 0.533. The molecule has 0 unspecified atom stereocenters. The van der Waals surface area contributed by atoms with E-state index >= 15 is 0 Å². The van der Waals surface area contributed by atoms with Crippen LogP contribution in [-0.4, -0.2) is 37.6 Å². The van der Waals surface area contributed by atoms with E-state index in [-0.39, 0.29) is 12.5 Å². The second kappa shape index (κ2) is 7.79. The van der Waals surface area contributed by atoms with Crippen LogP contribution in [0.3, 0.4) is 0 Å². The maximum Gasteiger partial charge on any atom is 0.260 e. The van der Waals surface area contributed by atoms with Gasteiger partial charge < -0.3 is 15.4 Å². The predicted molar refractivity (Wildman–Crippen MR) is 77.3 cm³/mol. The number of hydrogen-bond acceptors (Lipinski definition) is 3. The fourth-order valence-electron chi connectivity index (χ4n) is 1.79. The first-order valence-electron chi connectivity index (χ1n) is 6.72. The summed E-state index contributed by atoms with van der Waals surface area (Å²) in [6, 6.07) is 7.84. The van der Waals surface area contributed by atoms with Crippen molar-refractivity contribution in [2.75, 3.05) is 26.7 Å². The lowest BCUT2D eigenvalue weighted by Gasteiger charge is -2.18. The standard InChI is InChI=1S/C15H24N2O2/c1-12(2)13-7-4-5-8-14(13)19-11-15(18)17(3)10-6-9-16/h4-5,7-8,12H,6,9-11,16H2,1-3H3. The molecule has 19 heavy (non-hydrogen) atoms. The van der Waals surface area contributed by atoms with Gasteiger partial charge in [-0.3, -0.25) is 4.79 Å². The highest BCUT2D eigenvalue weighted by Gasteiger charge is 2.11. The number of amides is 1. The summed E-state index contributed by atoms with van der Waals surface area (Å²) in [7, 11) is 1.77. The Hall–Kier alpha value is -1.55. The van der Waals surface area contributed by atoms with Crippen LogP contribution in [0.1, 0.15) is 31.7 Å². The summed E-state index contributed by atoms with van der Waals surface area (Å²) >= 11 is 0. The van der Waals surface area contributed by atoms with E-state index in [0.29, 0.717) is 19.0 Å². The van der Waals surface area contributed by atoms with Crippen LogP contribution in [0.5, 0.6) is 5.75 Å². The molecule has 0 atom stereocenters. The Balaban J connectivity index is 2.55. The molecular formula is C15H24N2O2. The molecule has 1 aromatic rings. The molecular weight excluding hydrogens is 240 g/mol. The molecule has 0 aromatic heterocycles. The summed E-state index contributed by atoms with van der Waals surface area (Å²) in [5.74, 6) is 1.14. The Morgan fingerprint density at radius 2 is 2.05 bits per heavy atom. The van der Waals surface area contributed by atoms with E-state index in [4.69, 9.17) is 10.5 Å². The van der Waals surface area contributed by atoms with Gasteiger partial charge in [-0.25, -0.2) is 0 Å². The Labute approximate surface area is 115 Å². The van der Waals surface area contributed by atoms with E-state index in [9.17, 15) is 4.79 Å². The number of nitrogens with two attached hydrogens (primary N) is 1. The lowest BCUT2D eigenvalue weighted by Crippen LogP contribution is -2.33. The van der Waals surface area contributed by atoms with E-state index in [1.54, 1.807) is 11.9 Å². The van der Waals surface area contributed by atoms with E-state index < -0.39 is 0 Å². The third-order valence-electron chi connectivity index (χ3n) is 3.02. The summed E-state index contributed by atoms with van der Waals surface area (Å²) in [5, 5.41) is 0. The minimum absolute atomic E-state index is 0.0213. The van der Waals surface area contributed by atoms with Crippen LogP contribution in [0.2, 0.25) is 0 Å². The number of para-hydroxylation sites is 1. The fourth-order valence-corrected chi connectivity index (χ4v) is 1.79. The lowest BCUT2D eigenvalue weighted by molar-refractivity contribution is -0.132. The SMILES string of the molecule is CC(C)c1ccccc1OCC(=O)N(C)CCCN. The minimum atomic E-state index is -0.0213. The number of likely N-dealkylation sites (N-methyl/N-ethyl adjacent to an activating group) is 1. The van der Waals surface area contributed by atoms with Gasteiger partial charge in [0.2, 0.25) is 0 Å². The number of rotatable bonds is 7. The van der Waals surface area contributed by atoms with Crippen molar-refractivity contribution in [2.45, 2.75) is 26.2 Å². The minimum Gasteiger partial charge on any atom is -0.483 e. The lowest BCUT2D eigenvalue weighted by atomic mass is 10.0. The Morgan fingerprint density at radius 3 is 2.68 bits per heavy atom. The zero-order valence-electron chi connectivity index (χ0n) is 12.1. The predicted octanol–water partition coefficient (Wildman–Crippen LogP) is 2.00. The highest BCUT2D eigenvalue weighted by atomic mass is 16.5. The summed E-state index contributed by atoms with van der Waals surface area (Å²) in [6.45, 7) is 5.55. The largest absolute Gasteiger partial charge is 0.483 e. The van der Waals surface area contributed by atoms with Gasteiger partial charge in [-0.15, -0.1) is 0 Å². The van der Waals surface area contributed by atoms with Crippen LogP contribution in [0.4, 0.5) is 0 Å². The monoisotopic (exact) mass is 264 g/mol. The van der Waals surface area contributed by atoms with Gasteiger partial charge in [-0.05, 0) is 30.5 Å². The van der Waals surface area contributed by atoms with Crippen LogP contribution in [-0.2, 0) is 4.79 Å². The molecule has 0 aliphatic heterocycles. The highest BCUT2D eigenvalue weighted by Crippen LogP contribution is 2.25. The van der Waals surface area contributed by atoms with Crippen molar-refractivity contribution in [3.63, 3.8) is 0 Å². The number of carbonyl (C=O) groups is 1. The molecule has 0 aliphatic rings. The maximum absolute atomic E-state index is 11.9. The number of hydrogen-bond donors (Lipinski definition) is 1. The van der Waals surface area contributed by atoms with Crippen LogP contribution in [0, 0.1) is 0 Å². The number of benzene rings is 1. The molecule has 1 amide bonds. The molecule has 4 nitrogen and oxygen atoms in total. The zero-order chi connectivity index (χ0) is 14.3. The molecule has 0 fully saturated rings. The van der Waals surface area contributed by atoms with Crippen LogP contribution in [0.25, 0.3) is 0 Å². The molecule has 0 spiro atoms. The molecule has 0 aliphatic carbocycles. The summed E-state index contributed by atoms with van der Waals surface area (Å²) in [6.07, 6.45) is 0.810. The van der Waals surface area contributed by atoms with Gasteiger partial charge in [0.05, 0.1) is 0 Å². The van der Waals surface area contributed by atoms with E-state index in [1.165, 1.54) is 0 Å². The summed E-state index contributed by atoms with van der Waals surface area (Å²) in [4.78, 5) is 13.5. The van der Waals surface area contributed by atoms with Gasteiger partial charge in [-0.1, -0.05) is 32.0 Å². The van der Waals surface area contributed by atoms with Crippen molar-refractivity contribution >= 4 is 5.91 Å². The van der Waals surface area contributed by atoms with Gasteiger partial charge in [0.25, 0.3) is 5.91 Å². The van der Waals surface area contributed by atoms with Gasteiger partial charge in [0.15, 0.2) is 6.61 Å². The second-order valence-corrected chi connectivity index (χ2v) is 4.94.